The van der Waals surface area contributed by atoms with E-state index in [4.69, 9.17) is 4.42 Å². The minimum Gasteiger partial charge on any atom is -0.454 e. The first-order valence-electron chi connectivity index (χ1n) is 13.7. The third kappa shape index (κ3) is 3.74. The highest BCUT2D eigenvalue weighted by atomic mass is 16.3. The summed E-state index contributed by atoms with van der Waals surface area (Å²) in [5, 5.41) is 7.15. The first kappa shape index (κ1) is 23.7. The Balaban J connectivity index is 1.48. The number of nitrogens with zero attached hydrogens (tertiary/aromatic N) is 1. The predicted molar refractivity (Wildman–Crippen MR) is 164 cm³/mol. The van der Waals surface area contributed by atoms with Crippen LogP contribution in [0.1, 0.15) is 31.9 Å². The predicted octanol–water partition coefficient (Wildman–Crippen LogP) is 9.66. The minimum absolute atomic E-state index is 0.135. The molecule has 2 nitrogen and oxygen atoms in total. The molecule has 0 amide bonds. The molecule has 0 aliphatic carbocycles. The number of hydrogen-bond donors (Lipinski definition) is 0. The number of aryl methyl sites for hydroxylation is 2. The Morgan fingerprint density at radius 1 is 0.641 bits per heavy atom. The summed E-state index contributed by atoms with van der Waals surface area (Å²) in [5.41, 5.74) is 9.29. The molecule has 7 rings (SSSR count). The molecule has 0 unspecified atom stereocenters. The first-order chi connectivity index (χ1) is 18.8. The fraction of sp³-hybridized carbons (Fsp3) is 0.162. The van der Waals surface area contributed by atoms with E-state index in [2.05, 4.69) is 143 Å². The van der Waals surface area contributed by atoms with Crippen molar-refractivity contribution in [2.75, 3.05) is 0 Å². The number of rotatable bonds is 2. The quantitative estimate of drug-likeness (QED) is 0.168. The first-order valence-corrected chi connectivity index (χ1v) is 13.7. The van der Waals surface area contributed by atoms with E-state index >= 15 is 0 Å². The van der Waals surface area contributed by atoms with Gasteiger partial charge in [0.1, 0.15) is 18.2 Å². The molecule has 0 aliphatic rings. The Bertz CT molecular complexity index is 2050. The molecule has 190 valence electrons. The Labute approximate surface area is 229 Å². The number of fused-ring (bicyclic) bond motifs is 7. The Kier molecular flexibility index (Phi) is 5.18. The van der Waals surface area contributed by atoms with E-state index in [1.165, 1.54) is 43.8 Å². The van der Waals surface area contributed by atoms with Gasteiger partial charge < -0.3 is 4.42 Å². The largest absolute Gasteiger partial charge is 0.454 e. The van der Waals surface area contributed by atoms with Crippen LogP contribution in [0.25, 0.3) is 65.9 Å². The zero-order valence-electron chi connectivity index (χ0n) is 23.2. The normalized spacial score (nSPS) is 12.2. The average Bonchev–Trinajstić information content (AvgIpc) is 3.31. The lowest BCUT2D eigenvalue weighted by Gasteiger charge is -2.19. The lowest BCUT2D eigenvalue weighted by atomic mass is 9.86. The van der Waals surface area contributed by atoms with Gasteiger partial charge in [0, 0.05) is 28.3 Å². The number of aromatic nitrogens is 1. The van der Waals surface area contributed by atoms with E-state index in [0.29, 0.717) is 0 Å². The van der Waals surface area contributed by atoms with Crippen LogP contribution >= 0.6 is 0 Å². The highest BCUT2D eigenvalue weighted by Gasteiger charge is 2.23. The smallest absolute Gasteiger partial charge is 0.216 e. The van der Waals surface area contributed by atoms with E-state index in [1.54, 1.807) is 0 Å². The molecule has 39 heavy (non-hydrogen) atoms. The van der Waals surface area contributed by atoms with Crippen LogP contribution in [0.2, 0.25) is 0 Å². The van der Waals surface area contributed by atoms with Gasteiger partial charge >= 0.3 is 0 Å². The number of furan rings is 1. The molecular weight excluding hydrogens is 474 g/mol. The highest BCUT2D eigenvalue weighted by Crippen LogP contribution is 2.42. The zero-order valence-corrected chi connectivity index (χ0v) is 23.2. The van der Waals surface area contributed by atoms with Crippen molar-refractivity contribution in [1.82, 2.24) is 0 Å². The van der Waals surface area contributed by atoms with Gasteiger partial charge in [0.25, 0.3) is 0 Å². The van der Waals surface area contributed by atoms with Crippen molar-refractivity contribution in [1.29, 1.82) is 0 Å². The van der Waals surface area contributed by atoms with Crippen molar-refractivity contribution in [2.24, 2.45) is 7.05 Å². The molecule has 0 bridgehead atoms. The molecule has 0 saturated heterocycles. The van der Waals surface area contributed by atoms with Gasteiger partial charge in [0.05, 0.1) is 5.56 Å². The van der Waals surface area contributed by atoms with Gasteiger partial charge in [-0.15, -0.1) is 0 Å². The standard InChI is InChI=1S/C37H32NO/c1-23-10-18-30-31-19-15-26-12-11-25-8-6-7-9-29(25)34(26)36(31)39-35(30)33(23)32-22-27(20-21-38(32)5)24-13-16-28(17-14-24)37(2,3)4/h6-22H,1-5H3/q+1. The lowest BCUT2D eigenvalue weighted by Crippen LogP contribution is -2.30. The fourth-order valence-corrected chi connectivity index (χ4v) is 5.96. The molecule has 0 saturated carbocycles. The third-order valence-corrected chi connectivity index (χ3v) is 8.21. The maximum Gasteiger partial charge on any atom is 0.216 e. The SMILES string of the molecule is Cc1ccc2c(oc3c2ccc2ccc4ccccc4c23)c1-c1cc(-c2ccc(C(C)(C)C)cc2)cc[n+]1C. The zero-order chi connectivity index (χ0) is 26.9. The van der Waals surface area contributed by atoms with Crippen molar-refractivity contribution in [3.05, 3.63) is 114 Å². The van der Waals surface area contributed by atoms with Gasteiger partial charge in [-0.3, -0.25) is 0 Å². The van der Waals surface area contributed by atoms with Crippen LogP contribution in [0, 0.1) is 6.92 Å². The van der Waals surface area contributed by atoms with Crippen molar-refractivity contribution >= 4 is 43.5 Å². The molecular formula is C37H32NO+. The van der Waals surface area contributed by atoms with Gasteiger partial charge in [-0.2, -0.15) is 0 Å². The fourth-order valence-electron chi connectivity index (χ4n) is 5.96. The van der Waals surface area contributed by atoms with Crippen molar-refractivity contribution < 1.29 is 8.98 Å². The second-order valence-electron chi connectivity index (χ2n) is 11.8. The topological polar surface area (TPSA) is 17.0 Å². The van der Waals surface area contributed by atoms with Crippen LogP contribution in [0.15, 0.2) is 108 Å². The Morgan fingerprint density at radius 3 is 2.13 bits per heavy atom. The highest BCUT2D eigenvalue weighted by molar-refractivity contribution is 6.24. The molecule has 0 radical (unpaired) electrons. The molecule has 2 heterocycles. The monoisotopic (exact) mass is 506 g/mol. The summed E-state index contributed by atoms with van der Waals surface area (Å²) in [7, 11) is 2.12. The van der Waals surface area contributed by atoms with Gasteiger partial charge in [0.2, 0.25) is 5.69 Å². The summed E-state index contributed by atoms with van der Waals surface area (Å²) in [5.74, 6) is 0. The molecule has 0 fully saturated rings. The number of hydrogen-bond acceptors (Lipinski definition) is 1. The van der Waals surface area contributed by atoms with Crippen LogP contribution in [0.4, 0.5) is 0 Å². The third-order valence-electron chi connectivity index (χ3n) is 8.21. The van der Waals surface area contributed by atoms with E-state index in [-0.39, 0.29) is 5.41 Å². The summed E-state index contributed by atoms with van der Waals surface area (Å²) >= 11 is 0. The number of benzene rings is 5. The number of pyridine rings is 1. The Morgan fingerprint density at radius 2 is 1.33 bits per heavy atom. The van der Waals surface area contributed by atoms with Gasteiger partial charge in [-0.1, -0.05) is 99.6 Å². The van der Waals surface area contributed by atoms with E-state index < -0.39 is 0 Å². The molecule has 7 aromatic rings. The van der Waals surface area contributed by atoms with Gasteiger partial charge in [-0.25, -0.2) is 4.57 Å². The lowest BCUT2D eigenvalue weighted by molar-refractivity contribution is -0.660. The molecule has 0 aliphatic heterocycles. The maximum atomic E-state index is 6.88. The van der Waals surface area contributed by atoms with E-state index in [9.17, 15) is 0 Å². The average molecular weight is 507 g/mol. The van der Waals surface area contributed by atoms with Crippen LogP contribution in [-0.4, -0.2) is 0 Å². The van der Waals surface area contributed by atoms with Crippen molar-refractivity contribution in [3.63, 3.8) is 0 Å². The molecule has 0 atom stereocenters. The summed E-state index contributed by atoms with van der Waals surface area (Å²) in [4.78, 5) is 0. The summed E-state index contributed by atoms with van der Waals surface area (Å²) in [6, 6.07) is 35.3. The second-order valence-corrected chi connectivity index (χ2v) is 11.8. The molecule has 2 heteroatoms. The van der Waals surface area contributed by atoms with Crippen molar-refractivity contribution in [3.8, 4) is 22.4 Å². The Hall–Kier alpha value is -4.43. The second kappa shape index (κ2) is 8.54. The molecule has 5 aromatic carbocycles. The van der Waals surface area contributed by atoms with Gasteiger partial charge in [0.15, 0.2) is 6.20 Å². The van der Waals surface area contributed by atoms with Crippen LogP contribution in [-0.2, 0) is 12.5 Å². The van der Waals surface area contributed by atoms with Crippen LogP contribution < -0.4 is 4.57 Å². The molecule has 2 aromatic heterocycles. The maximum absolute atomic E-state index is 6.88. The minimum atomic E-state index is 0.135. The van der Waals surface area contributed by atoms with Crippen LogP contribution in [0.5, 0.6) is 0 Å². The summed E-state index contributed by atoms with van der Waals surface area (Å²) in [6.07, 6.45) is 2.16. The molecule has 0 spiro atoms. The molecule has 0 N–H and O–H groups in total. The summed E-state index contributed by atoms with van der Waals surface area (Å²) < 4.78 is 9.08. The summed E-state index contributed by atoms with van der Waals surface area (Å²) in [6.45, 7) is 8.95. The van der Waals surface area contributed by atoms with E-state index in [0.717, 1.165) is 33.2 Å². The van der Waals surface area contributed by atoms with E-state index in [1.807, 2.05) is 0 Å². The van der Waals surface area contributed by atoms with Crippen LogP contribution in [0.3, 0.4) is 0 Å². The van der Waals surface area contributed by atoms with Gasteiger partial charge in [-0.05, 0) is 56.8 Å². The van der Waals surface area contributed by atoms with Crippen molar-refractivity contribution in [2.45, 2.75) is 33.1 Å².